The van der Waals surface area contributed by atoms with Gasteiger partial charge in [-0.25, -0.2) is 8.42 Å². The van der Waals surface area contributed by atoms with Gasteiger partial charge in [-0.1, -0.05) is 47.5 Å². The van der Waals surface area contributed by atoms with Crippen molar-refractivity contribution in [3.05, 3.63) is 79.5 Å². The van der Waals surface area contributed by atoms with Crippen molar-refractivity contribution < 1.29 is 39.9 Å². The molecule has 1 atom stereocenters. The van der Waals surface area contributed by atoms with Crippen LogP contribution in [0, 0.1) is 6.92 Å². The highest BCUT2D eigenvalue weighted by Gasteiger charge is 2.56. The lowest BCUT2D eigenvalue weighted by atomic mass is 9.84. The number of thiophene rings is 1. The van der Waals surface area contributed by atoms with Gasteiger partial charge in [0, 0.05) is 7.05 Å². The largest absolute Gasteiger partial charge is 0.425 e. The van der Waals surface area contributed by atoms with Crippen molar-refractivity contribution in [1.29, 1.82) is 0 Å². The van der Waals surface area contributed by atoms with Crippen molar-refractivity contribution in [1.82, 2.24) is 0 Å². The molecule has 0 aliphatic carbocycles. The summed E-state index contributed by atoms with van der Waals surface area (Å²) < 4.78 is 108. The quantitative estimate of drug-likeness (QED) is 0.332. The third-order valence-electron chi connectivity index (χ3n) is 5.24. The molecule has 0 amide bonds. The highest BCUT2D eigenvalue weighted by atomic mass is 35.5. The highest BCUT2D eigenvalue weighted by Crippen LogP contribution is 2.46. The van der Waals surface area contributed by atoms with E-state index in [2.05, 4.69) is 0 Å². The summed E-state index contributed by atoms with van der Waals surface area (Å²) in [6.07, 6.45) is -10.4. The standard InChI is InChI=1S/C21H15Cl2F6NO3S2/c1-11-8-13(6-7-15(11)30(2)35(32,33)16-10-17(22)34-18(16)23)19(31,21(27,28)29)12-4-3-5-14(9-12)20(24,25)26/h3-10,31H,1-2H3. The lowest BCUT2D eigenvalue weighted by Crippen LogP contribution is -2.43. The molecule has 3 aromatic rings. The number of benzene rings is 2. The summed E-state index contributed by atoms with van der Waals surface area (Å²) in [5, 5.41) is 10.8. The molecule has 1 N–H and O–H groups in total. The van der Waals surface area contributed by atoms with Crippen LogP contribution in [0.4, 0.5) is 32.0 Å². The second-order valence-corrected chi connectivity index (χ2v) is 11.7. The van der Waals surface area contributed by atoms with Gasteiger partial charge >= 0.3 is 12.4 Å². The van der Waals surface area contributed by atoms with Crippen LogP contribution >= 0.6 is 34.5 Å². The van der Waals surface area contributed by atoms with Crippen LogP contribution in [0.25, 0.3) is 0 Å². The Balaban J connectivity index is 2.13. The molecule has 0 saturated heterocycles. The Labute approximate surface area is 210 Å². The Morgan fingerprint density at radius 2 is 1.49 bits per heavy atom. The Morgan fingerprint density at radius 1 is 0.914 bits per heavy atom. The van der Waals surface area contributed by atoms with Crippen LogP contribution in [0.2, 0.25) is 8.67 Å². The smallest absolute Gasteiger partial charge is 0.372 e. The van der Waals surface area contributed by atoms with Gasteiger partial charge in [0.15, 0.2) is 0 Å². The van der Waals surface area contributed by atoms with Crippen LogP contribution in [0.1, 0.15) is 22.3 Å². The molecule has 4 nitrogen and oxygen atoms in total. The number of hydrogen-bond donors (Lipinski definition) is 1. The van der Waals surface area contributed by atoms with E-state index >= 15 is 0 Å². The number of halogens is 8. The lowest BCUT2D eigenvalue weighted by Gasteiger charge is -2.33. The van der Waals surface area contributed by atoms with Gasteiger partial charge in [-0.2, -0.15) is 26.3 Å². The Hall–Kier alpha value is -1.99. The Kier molecular flexibility index (Phi) is 7.21. The third-order valence-corrected chi connectivity index (χ3v) is 8.76. The molecule has 0 fully saturated rings. The molecule has 0 aliphatic heterocycles. The first kappa shape index (κ1) is 27.6. The molecule has 0 radical (unpaired) electrons. The zero-order chi connectivity index (χ0) is 26.6. The monoisotopic (exact) mass is 577 g/mol. The summed E-state index contributed by atoms with van der Waals surface area (Å²) in [6, 6.07) is 6.07. The van der Waals surface area contributed by atoms with Gasteiger partial charge in [0.2, 0.25) is 5.60 Å². The number of rotatable bonds is 5. The molecular weight excluding hydrogens is 563 g/mol. The predicted molar refractivity (Wildman–Crippen MR) is 122 cm³/mol. The first-order chi connectivity index (χ1) is 15.9. The van der Waals surface area contributed by atoms with E-state index in [9.17, 15) is 39.9 Å². The van der Waals surface area contributed by atoms with E-state index in [0.29, 0.717) is 6.07 Å². The molecule has 0 saturated carbocycles. The lowest BCUT2D eigenvalue weighted by molar-refractivity contribution is -0.248. The maximum absolute atomic E-state index is 14.1. The van der Waals surface area contributed by atoms with Gasteiger partial charge in [0.05, 0.1) is 15.6 Å². The van der Waals surface area contributed by atoms with Crippen molar-refractivity contribution in [3.63, 3.8) is 0 Å². The van der Waals surface area contributed by atoms with Crippen LogP contribution < -0.4 is 4.31 Å². The Morgan fingerprint density at radius 3 is 1.97 bits per heavy atom. The second-order valence-electron chi connectivity index (χ2n) is 7.45. The van der Waals surface area contributed by atoms with Crippen LogP contribution in [-0.4, -0.2) is 26.7 Å². The summed E-state index contributed by atoms with van der Waals surface area (Å²) in [6.45, 7) is 1.29. The summed E-state index contributed by atoms with van der Waals surface area (Å²) in [5.41, 5.74) is -7.09. The van der Waals surface area contributed by atoms with Crippen molar-refractivity contribution in [2.24, 2.45) is 0 Å². The van der Waals surface area contributed by atoms with Gasteiger partial charge in [-0.15, -0.1) is 11.3 Å². The number of aliphatic hydroxyl groups is 1. The maximum Gasteiger partial charge on any atom is 0.425 e. The van der Waals surface area contributed by atoms with E-state index in [1.807, 2.05) is 0 Å². The molecule has 1 aromatic heterocycles. The van der Waals surface area contributed by atoms with Crippen molar-refractivity contribution in [3.8, 4) is 0 Å². The number of nitrogens with zero attached hydrogens (tertiary/aromatic N) is 1. The first-order valence-corrected chi connectivity index (χ1v) is 12.4. The summed E-state index contributed by atoms with van der Waals surface area (Å²) in [7, 11) is -3.12. The zero-order valence-corrected chi connectivity index (χ0v) is 20.8. The highest BCUT2D eigenvalue weighted by molar-refractivity contribution is 7.93. The fourth-order valence-electron chi connectivity index (χ4n) is 3.43. The molecule has 14 heteroatoms. The fraction of sp³-hybridized carbons (Fsp3) is 0.238. The summed E-state index contributed by atoms with van der Waals surface area (Å²) in [5.74, 6) is 0. The number of aryl methyl sites for hydroxylation is 1. The number of sulfonamides is 1. The van der Waals surface area contributed by atoms with Crippen LogP contribution in [0.5, 0.6) is 0 Å². The summed E-state index contributed by atoms with van der Waals surface area (Å²) in [4.78, 5) is -0.309. The van der Waals surface area contributed by atoms with Crippen LogP contribution in [-0.2, 0) is 21.8 Å². The first-order valence-electron chi connectivity index (χ1n) is 9.42. The van der Waals surface area contributed by atoms with Gasteiger partial charge in [-0.3, -0.25) is 4.31 Å². The van der Waals surface area contributed by atoms with E-state index < -0.39 is 44.7 Å². The SMILES string of the molecule is Cc1cc(C(O)(c2cccc(C(F)(F)F)c2)C(F)(F)F)ccc1N(C)S(=O)(=O)c1cc(Cl)sc1Cl. The predicted octanol–water partition coefficient (Wildman–Crippen LogP) is 7.01. The van der Waals surface area contributed by atoms with Gasteiger partial charge in [-0.05, 0) is 47.9 Å². The fourth-order valence-corrected chi connectivity index (χ4v) is 6.80. The van der Waals surface area contributed by atoms with Crippen LogP contribution in [0.3, 0.4) is 0 Å². The van der Waals surface area contributed by atoms with E-state index in [1.54, 1.807) is 0 Å². The van der Waals surface area contributed by atoms with Gasteiger partial charge in [0.25, 0.3) is 10.0 Å². The van der Waals surface area contributed by atoms with E-state index in [1.165, 1.54) is 6.92 Å². The minimum absolute atomic E-state index is 0.0133. The molecule has 0 aliphatic rings. The topological polar surface area (TPSA) is 57.6 Å². The van der Waals surface area contributed by atoms with E-state index in [0.717, 1.165) is 59.1 Å². The van der Waals surface area contributed by atoms with Crippen LogP contribution in [0.15, 0.2) is 53.4 Å². The van der Waals surface area contributed by atoms with Crippen molar-refractivity contribution in [2.45, 2.75) is 29.8 Å². The maximum atomic E-state index is 14.1. The molecule has 3 rings (SSSR count). The van der Waals surface area contributed by atoms with Gasteiger partial charge in [0.1, 0.15) is 9.23 Å². The molecule has 0 bridgehead atoms. The second kappa shape index (κ2) is 9.15. The minimum Gasteiger partial charge on any atom is -0.372 e. The average molecular weight is 578 g/mol. The van der Waals surface area contributed by atoms with E-state index in [-0.39, 0.29) is 30.9 Å². The minimum atomic E-state index is -5.41. The molecule has 1 unspecified atom stereocenters. The molecular formula is C21H15Cl2F6NO3S2. The number of hydrogen-bond acceptors (Lipinski definition) is 4. The zero-order valence-electron chi connectivity index (χ0n) is 17.7. The van der Waals surface area contributed by atoms with Crippen molar-refractivity contribution >= 4 is 50.2 Å². The number of anilines is 1. The Bertz CT molecular complexity index is 1370. The molecule has 2 aromatic carbocycles. The molecule has 35 heavy (non-hydrogen) atoms. The molecule has 0 spiro atoms. The van der Waals surface area contributed by atoms with E-state index in [4.69, 9.17) is 23.2 Å². The summed E-state index contributed by atoms with van der Waals surface area (Å²) >= 11 is 12.6. The normalized spacial score (nSPS) is 14.6. The number of alkyl halides is 6. The average Bonchev–Trinajstić information content (AvgIpc) is 3.10. The van der Waals surface area contributed by atoms with Crippen molar-refractivity contribution in [2.75, 3.05) is 11.4 Å². The van der Waals surface area contributed by atoms with Gasteiger partial charge < -0.3 is 5.11 Å². The molecule has 190 valence electrons. The third kappa shape index (κ3) is 4.99. The molecule has 1 heterocycles.